The minimum atomic E-state index is -2.77. The number of piperidine rings is 1. The highest BCUT2D eigenvalue weighted by molar-refractivity contribution is 5.65. The first-order valence-corrected chi connectivity index (χ1v) is 14.7. The van der Waals surface area contributed by atoms with E-state index in [4.69, 9.17) is 19.9 Å². The van der Waals surface area contributed by atoms with Crippen molar-refractivity contribution in [1.82, 2.24) is 24.4 Å². The van der Waals surface area contributed by atoms with E-state index in [0.29, 0.717) is 30.7 Å². The number of nitrogens with zero attached hydrogens (tertiary/aromatic N) is 5. The SMILES string of the molecule is CC1(C)O[C@@H]2[C@H](O1)[C@@H](CN1CC(F)(F)CC13CCN(CCc1ccc(F)cc1)CC3)O[C@H]2c1ccc2c(N)ncnn12. The van der Waals surface area contributed by atoms with Crippen molar-refractivity contribution in [3.05, 3.63) is 59.8 Å². The van der Waals surface area contributed by atoms with Gasteiger partial charge < -0.3 is 24.8 Å². The first-order valence-electron chi connectivity index (χ1n) is 14.7. The molecule has 0 unspecified atom stereocenters. The number of anilines is 1. The Morgan fingerprint density at radius 2 is 1.76 bits per heavy atom. The predicted molar refractivity (Wildman–Crippen MR) is 148 cm³/mol. The number of likely N-dealkylation sites (tertiary alicyclic amines) is 2. The Labute approximate surface area is 242 Å². The number of hydrogen-bond donors (Lipinski definition) is 1. The summed E-state index contributed by atoms with van der Waals surface area (Å²) >= 11 is 0. The van der Waals surface area contributed by atoms with E-state index in [1.54, 1.807) is 16.6 Å². The molecule has 6 heterocycles. The van der Waals surface area contributed by atoms with Gasteiger partial charge in [0.1, 0.15) is 42.1 Å². The zero-order valence-corrected chi connectivity index (χ0v) is 23.9. The van der Waals surface area contributed by atoms with Gasteiger partial charge in [0.25, 0.3) is 5.92 Å². The Kier molecular flexibility index (Phi) is 6.78. The highest BCUT2D eigenvalue weighted by Crippen LogP contribution is 2.49. The highest BCUT2D eigenvalue weighted by Gasteiger charge is 2.60. The molecule has 4 fully saturated rings. The molecule has 4 saturated heterocycles. The molecular formula is C30H37F3N6O3. The molecule has 12 heteroatoms. The fourth-order valence-corrected chi connectivity index (χ4v) is 7.45. The molecule has 9 nitrogen and oxygen atoms in total. The smallest absolute Gasteiger partial charge is 0.262 e. The summed E-state index contributed by atoms with van der Waals surface area (Å²) < 4.78 is 64.4. The quantitative estimate of drug-likeness (QED) is 0.466. The molecule has 226 valence electrons. The van der Waals surface area contributed by atoms with Crippen LogP contribution in [0.4, 0.5) is 19.0 Å². The van der Waals surface area contributed by atoms with Crippen molar-refractivity contribution in [1.29, 1.82) is 0 Å². The number of fused-ring (bicyclic) bond motifs is 2. The largest absolute Gasteiger partial charge is 0.382 e. The lowest BCUT2D eigenvalue weighted by Crippen LogP contribution is -2.55. The fourth-order valence-electron chi connectivity index (χ4n) is 7.45. The Bertz CT molecular complexity index is 1440. The van der Waals surface area contributed by atoms with Gasteiger partial charge in [-0.3, -0.25) is 4.90 Å². The molecule has 1 spiro atoms. The number of nitrogens with two attached hydrogens (primary N) is 1. The molecule has 4 atom stereocenters. The number of halogens is 3. The Balaban J connectivity index is 1.08. The minimum absolute atomic E-state index is 0.154. The van der Waals surface area contributed by atoms with Crippen molar-refractivity contribution in [2.45, 2.75) is 81.2 Å². The van der Waals surface area contributed by atoms with E-state index in [1.807, 2.05) is 30.9 Å². The van der Waals surface area contributed by atoms with Crippen LogP contribution in [0.3, 0.4) is 0 Å². The number of benzene rings is 1. The van der Waals surface area contributed by atoms with Gasteiger partial charge in [-0.1, -0.05) is 12.1 Å². The molecule has 3 aromatic rings. The predicted octanol–water partition coefficient (Wildman–Crippen LogP) is 3.83. The second-order valence-electron chi connectivity index (χ2n) is 12.7. The summed E-state index contributed by atoms with van der Waals surface area (Å²) in [5, 5.41) is 4.38. The van der Waals surface area contributed by atoms with Crippen LogP contribution in [0.1, 0.15) is 50.5 Å². The molecule has 4 aliphatic rings. The third kappa shape index (κ3) is 5.06. The average molecular weight is 587 g/mol. The molecule has 0 radical (unpaired) electrons. The monoisotopic (exact) mass is 586 g/mol. The molecule has 0 aliphatic carbocycles. The van der Waals surface area contributed by atoms with E-state index >= 15 is 8.78 Å². The lowest BCUT2D eigenvalue weighted by Gasteiger charge is -2.45. The van der Waals surface area contributed by atoms with Crippen molar-refractivity contribution in [3.63, 3.8) is 0 Å². The summed E-state index contributed by atoms with van der Waals surface area (Å²) in [5.74, 6) is -3.49. The molecule has 1 aromatic carbocycles. The van der Waals surface area contributed by atoms with Gasteiger partial charge in [0.2, 0.25) is 0 Å². The number of rotatable bonds is 6. The first-order chi connectivity index (χ1) is 20.0. The summed E-state index contributed by atoms with van der Waals surface area (Å²) in [4.78, 5) is 8.35. The number of aromatic nitrogens is 3. The van der Waals surface area contributed by atoms with Gasteiger partial charge in [0.15, 0.2) is 11.6 Å². The lowest BCUT2D eigenvalue weighted by atomic mass is 9.84. The molecule has 7 rings (SSSR count). The van der Waals surface area contributed by atoms with Crippen LogP contribution in [-0.2, 0) is 20.6 Å². The van der Waals surface area contributed by atoms with E-state index in [2.05, 4.69) is 15.0 Å². The van der Waals surface area contributed by atoms with Crippen LogP contribution in [-0.4, -0.2) is 92.7 Å². The van der Waals surface area contributed by atoms with Crippen LogP contribution in [0.2, 0.25) is 0 Å². The van der Waals surface area contributed by atoms with Crippen LogP contribution in [0.15, 0.2) is 42.7 Å². The second kappa shape index (κ2) is 10.2. The maximum Gasteiger partial charge on any atom is 0.262 e. The molecule has 4 aliphatic heterocycles. The topological polar surface area (TPSA) is 90.4 Å². The van der Waals surface area contributed by atoms with E-state index in [9.17, 15) is 4.39 Å². The van der Waals surface area contributed by atoms with Gasteiger partial charge >= 0.3 is 0 Å². The van der Waals surface area contributed by atoms with Crippen molar-refractivity contribution >= 4 is 11.3 Å². The molecule has 42 heavy (non-hydrogen) atoms. The van der Waals surface area contributed by atoms with E-state index in [-0.39, 0.29) is 18.8 Å². The van der Waals surface area contributed by atoms with Crippen LogP contribution in [0.5, 0.6) is 0 Å². The highest BCUT2D eigenvalue weighted by atomic mass is 19.3. The van der Waals surface area contributed by atoms with Gasteiger partial charge in [-0.2, -0.15) is 5.10 Å². The molecule has 0 amide bonds. The molecule has 0 bridgehead atoms. The van der Waals surface area contributed by atoms with E-state index in [0.717, 1.165) is 37.3 Å². The minimum Gasteiger partial charge on any atom is -0.382 e. The summed E-state index contributed by atoms with van der Waals surface area (Å²) in [6, 6.07) is 10.3. The molecule has 2 aromatic heterocycles. The van der Waals surface area contributed by atoms with Crippen molar-refractivity contribution in [2.75, 3.05) is 38.5 Å². The van der Waals surface area contributed by atoms with Crippen molar-refractivity contribution in [3.8, 4) is 0 Å². The average Bonchev–Trinajstić information content (AvgIpc) is 3.65. The third-order valence-electron chi connectivity index (χ3n) is 9.45. The Morgan fingerprint density at radius 3 is 2.52 bits per heavy atom. The summed E-state index contributed by atoms with van der Waals surface area (Å²) in [5.41, 5.74) is 7.95. The van der Waals surface area contributed by atoms with Crippen molar-refractivity contribution in [2.24, 2.45) is 0 Å². The summed E-state index contributed by atoms with van der Waals surface area (Å²) in [7, 11) is 0. The van der Waals surface area contributed by atoms with Crippen LogP contribution < -0.4 is 5.73 Å². The summed E-state index contributed by atoms with van der Waals surface area (Å²) in [6.07, 6.45) is 1.53. The van der Waals surface area contributed by atoms with Gasteiger partial charge in [0, 0.05) is 25.0 Å². The zero-order chi connectivity index (χ0) is 29.3. The molecule has 2 N–H and O–H groups in total. The standard InChI is InChI=1S/C30H37F3N6O3/c1-28(2)41-25-23(40-24(26(25)42-28)21-7-8-22-27(34)35-18-36-39(21)22)15-38-17-30(32,33)16-29(38)10-13-37(14-11-29)12-9-19-3-5-20(31)6-4-19/h3-8,18,23-26H,9-17H2,1-2H3,(H2,34,35,36)/t23-,24+,25-,26+/m1/s1. The number of alkyl halides is 2. The Morgan fingerprint density at radius 1 is 1.02 bits per heavy atom. The Hall–Kier alpha value is -2.77. The van der Waals surface area contributed by atoms with Crippen LogP contribution in [0, 0.1) is 5.82 Å². The van der Waals surface area contributed by atoms with E-state index in [1.165, 1.54) is 18.5 Å². The van der Waals surface area contributed by atoms with Crippen molar-refractivity contribution < 1.29 is 27.4 Å². The number of hydrogen-bond acceptors (Lipinski definition) is 8. The first kappa shape index (κ1) is 28.0. The third-order valence-corrected chi connectivity index (χ3v) is 9.45. The second-order valence-corrected chi connectivity index (χ2v) is 12.7. The summed E-state index contributed by atoms with van der Waals surface area (Å²) in [6.45, 7) is 6.03. The molecular weight excluding hydrogens is 549 g/mol. The number of ether oxygens (including phenoxy) is 3. The fraction of sp³-hybridized carbons (Fsp3) is 0.600. The van der Waals surface area contributed by atoms with Crippen LogP contribution >= 0.6 is 0 Å². The van der Waals surface area contributed by atoms with Gasteiger partial charge in [0.05, 0.1) is 12.2 Å². The van der Waals surface area contributed by atoms with E-state index < -0.39 is 41.7 Å². The van der Waals surface area contributed by atoms with Gasteiger partial charge in [-0.05, 0) is 76.0 Å². The normalized spacial score (nSPS) is 30.4. The maximum absolute atomic E-state index is 15.1. The molecule has 0 saturated carbocycles. The van der Waals surface area contributed by atoms with Gasteiger partial charge in [-0.25, -0.2) is 22.7 Å². The maximum atomic E-state index is 15.1. The van der Waals surface area contributed by atoms with Gasteiger partial charge in [-0.15, -0.1) is 0 Å². The zero-order valence-electron chi connectivity index (χ0n) is 23.9. The van der Waals surface area contributed by atoms with Crippen LogP contribution in [0.25, 0.3) is 5.52 Å². The number of nitrogen functional groups attached to an aromatic ring is 1. The lowest BCUT2D eigenvalue weighted by molar-refractivity contribution is -0.191.